The van der Waals surface area contributed by atoms with Gasteiger partial charge in [0.25, 0.3) is 0 Å². The number of fused-ring (bicyclic) bond motifs is 1. The molecule has 0 atom stereocenters. The summed E-state index contributed by atoms with van der Waals surface area (Å²) in [6.07, 6.45) is 0. The highest BCUT2D eigenvalue weighted by molar-refractivity contribution is 7.99. The molecule has 2 heterocycles. The summed E-state index contributed by atoms with van der Waals surface area (Å²) in [6, 6.07) is 5.08. The molecule has 114 valence electrons. The summed E-state index contributed by atoms with van der Waals surface area (Å²) in [4.78, 5) is 32.3. The standard InChI is InChI=1S/C12H12N6O3S/c19-4-9-16-12(18-17-9)22-5-10(20)13-6-1-2-7-8(3-6)15-11(21)14-7/h1-3,19H,4-5H2,(H,13,20)(H2,14,15,21)(H,16,17,18). The zero-order chi connectivity index (χ0) is 15.5. The van der Waals surface area contributed by atoms with Crippen LogP contribution in [0.5, 0.6) is 0 Å². The normalized spacial score (nSPS) is 11.0. The fourth-order valence-corrected chi connectivity index (χ4v) is 2.47. The van der Waals surface area contributed by atoms with E-state index in [-0.39, 0.29) is 24.0 Å². The maximum Gasteiger partial charge on any atom is 0.323 e. The monoisotopic (exact) mass is 320 g/mol. The third-order valence-electron chi connectivity index (χ3n) is 2.79. The Morgan fingerprint density at radius 2 is 2.14 bits per heavy atom. The molecule has 0 spiro atoms. The minimum Gasteiger partial charge on any atom is -0.388 e. The molecule has 0 saturated carbocycles. The van der Waals surface area contributed by atoms with Crippen LogP contribution in [0.15, 0.2) is 28.2 Å². The molecule has 0 radical (unpaired) electrons. The summed E-state index contributed by atoms with van der Waals surface area (Å²) in [7, 11) is 0. The predicted molar refractivity (Wildman–Crippen MR) is 80.6 cm³/mol. The molecule has 0 fully saturated rings. The predicted octanol–water partition coefficient (Wildman–Crippen LogP) is 0.197. The lowest BCUT2D eigenvalue weighted by molar-refractivity contribution is -0.113. The Morgan fingerprint density at radius 3 is 2.91 bits per heavy atom. The molecule has 0 aliphatic rings. The molecule has 5 N–H and O–H groups in total. The summed E-state index contributed by atoms with van der Waals surface area (Å²) >= 11 is 1.15. The van der Waals surface area contributed by atoms with Crippen LogP contribution in [0, 0.1) is 0 Å². The van der Waals surface area contributed by atoms with E-state index in [4.69, 9.17) is 5.11 Å². The van der Waals surface area contributed by atoms with Crippen molar-refractivity contribution >= 4 is 34.4 Å². The molecular formula is C12H12N6O3S. The number of nitrogens with zero attached hydrogens (tertiary/aromatic N) is 2. The van der Waals surface area contributed by atoms with Gasteiger partial charge in [0.15, 0.2) is 5.82 Å². The molecule has 0 saturated heterocycles. The molecule has 3 rings (SSSR count). The second-order valence-corrected chi connectivity index (χ2v) is 5.34. The van der Waals surface area contributed by atoms with E-state index in [1.54, 1.807) is 18.2 Å². The van der Waals surface area contributed by atoms with E-state index in [0.29, 0.717) is 27.7 Å². The lowest BCUT2D eigenvalue weighted by atomic mass is 10.3. The zero-order valence-corrected chi connectivity index (χ0v) is 12.0. The van der Waals surface area contributed by atoms with Crippen molar-refractivity contribution in [3.05, 3.63) is 34.5 Å². The number of imidazole rings is 1. The van der Waals surface area contributed by atoms with Crippen LogP contribution in [0.4, 0.5) is 5.69 Å². The van der Waals surface area contributed by atoms with Crippen molar-refractivity contribution in [3.63, 3.8) is 0 Å². The van der Waals surface area contributed by atoms with Gasteiger partial charge in [0.2, 0.25) is 11.1 Å². The Labute approximate surface area is 127 Å². The van der Waals surface area contributed by atoms with E-state index >= 15 is 0 Å². The third-order valence-corrected chi connectivity index (χ3v) is 3.64. The number of carbonyl (C=O) groups excluding carboxylic acids is 1. The Kier molecular flexibility index (Phi) is 3.94. The van der Waals surface area contributed by atoms with E-state index in [1.807, 2.05) is 0 Å². The van der Waals surface area contributed by atoms with Gasteiger partial charge in [-0.15, -0.1) is 5.10 Å². The number of thioether (sulfide) groups is 1. The molecule has 2 aromatic heterocycles. The number of aromatic nitrogens is 5. The van der Waals surface area contributed by atoms with Gasteiger partial charge in [0, 0.05) is 5.69 Å². The number of hydrogen-bond acceptors (Lipinski definition) is 6. The average Bonchev–Trinajstić information content (AvgIpc) is 3.09. The number of amides is 1. The zero-order valence-electron chi connectivity index (χ0n) is 11.2. The average molecular weight is 320 g/mol. The van der Waals surface area contributed by atoms with Gasteiger partial charge in [-0.1, -0.05) is 11.8 Å². The van der Waals surface area contributed by atoms with Crippen LogP contribution in [-0.2, 0) is 11.4 Å². The van der Waals surface area contributed by atoms with E-state index in [1.165, 1.54) is 0 Å². The van der Waals surface area contributed by atoms with Gasteiger partial charge in [-0.05, 0) is 18.2 Å². The first-order chi connectivity index (χ1) is 10.6. The topological polar surface area (TPSA) is 140 Å². The Bertz CT molecular complexity index is 867. The minimum atomic E-state index is -0.293. The van der Waals surface area contributed by atoms with Gasteiger partial charge in [0.1, 0.15) is 6.61 Å². The first-order valence-corrected chi connectivity index (χ1v) is 7.29. The number of benzene rings is 1. The first kappa shape index (κ1) is 14.4. The molecule has 9 nitrogen and oxygen atoms in total. The van der Waals surface area contributed by atoms with E-state index in [2.05, 4.69) is 30.5 Å². The lowest BCUT2D eigenvalue weighted by Crippen LogP contribution is -2.14. The number of hydrogen-bond donors (Lipinski definition) is 5. The fraction of sp³-hybridized carbons (Fsp3) is 0.167. The molecular weight excluding hydrogens is 308 g/mol. The Hall–Kier alpha value is -2.59. The number of rotatable bonds is 5. The summed E-state index contributed by atoms with van der Waals surface area (Å²) in [6.45, 7) is -0.228. The molecule has 22 heavy (non-hydrogen) atoms. The van der Waals surface area contributed by atoms with Crippen molar-refractivity contribution in [2.24, 2.45) is 0 Å². The Balaban J connectivity index is 1.61. The number of nitrogens with one attached hydrogen (secondary N) is 4. The lowest BCUT2D eigenvalue weighted by Gasteiger charge is -2.03. The van der Waals surface area contributed by atoms with Crippen LogP contribution in [0.25, 0.3) is 11.0 Å². The number of aliphatic hydroxyl groups is 1. The van der Waals surface area contributed by atoms with Crippen molar-refractivity contribution in [2.75, 3.05) is 11.1 Å². The second kappa shape index (κ2) is 6.03. The largest absolute Gasteiger partial charge is 0.388 e. The number of carbonyl (C=O) groups is 1. The molecule has 0 aliphatic carbocycles. The SMILES string of the molecule is O=C(CSc1n[nH]c(CO)n1)Nc1ccc2[nH]c(=O)[nH]c2c1. The quantitative estimate of drug-likeness (QED) is 0.425. The molecule has 1 amide bonds. The van der Waals surface area contributed by atoms with Crippen LogP contribution in [0.2, 0.25) is 0 Å². The smallest absolute Gasteiger partial charge is 0.323 e. The maximum atomic E-state index is 11.9. The fourth-order valence-electron chi connectivity index (χ4n) is 1.85. The molecule has 0 aliphatic heterocycles. The summed E-state index contributed by atoms with van der Waals surface area (Å²) < 4.78 is 0. The van der Waals surface area contributed by atoms with Gasteiger partial charge in [-0.2, -0.15) is 0 Å². The van der Waals surface area contributed by atoms with E-state index in [9.17, 15) is 9.59 Å². The number of aliphatic hydroxyl groups excluding tert-OH is 1. The first-order valence-electron chi connectivity index (χ1n) is 6.31. The summed E-state index contributed by atoms with van der Waals surface area (Å²) in [5.41, 5.74) is 1.59. The van der Waals surface area contributed by atoms with Crippen molar-refractivity contribution < 1.29 is 9.90 Å². The van der Waals surface area contributed by atoms with Crippen molar-refractivity contribution in [1.29, 1.82) is 0 Å². The number of aromatic amines is 3. The van der Waals surface area contributed by atoms with Gasteiger partial charge in [-0.3, -0.25) is 9.89 Å². The second-order valence-electron chi connectivity index (χ2n) is 4.40. The summed E-state index contributed by atoms with van der Waals surface area (Å²) in [5, 5.41) is 18.4. The minimum absolute atomic E-state index is 0.129. The van der Waals surface area contributed by atoms with Crippen LogP contribution in [-0.4, -0.2) is 41.9 Å². The molecule has 0 unspecified atom stereocenters. The van der Waals surface area contributed by atoms with Crippen molar-refractivity contribution in [3.8, 4) is 0 Å². The number of anilines is 1. The highest BCUT2D eigenvalue weighted by Crippen LogP contribution is 2.16. The van der Waals surface area contributed by atoms with Crippen LogP contribution >= 0.6 is 11.8 Å². The molecule has 1 aromatic carbocycles. The highest BCUT2D eigenvalue weighted by Gasteiger charge is 2.08. The molecule has 10 heteroatoms. The van der Waals surface area contributed by atoms with Crippen LogP contribution in [0.3, 0.4) is 0 Å². The molecule has 0 bridgehead atoms. The van der Waals surface area contributed by atoms with Crippen molar-refractivity contribution in [2.45, 2.75) is 11.8 Å². The van der Waals surface area contributed by atoms with Crippen molar-refractivity contribution in [1.82, 2.24) is 25.1 Å². The third kappa shape index (κ3) is 3.18. The van der Waals surface area contributed by atoms with Crippen LogP contribution in [0.1, 0.15) is 5.82 Å². The maximum absolute atomic E-state index is 11.9. The molecule has 3 aromatic rings. The van der Waals surface area contributed by atoms with Gasteiger partial charge in [-0.25, -0.2) is 9.78 Å². The van der Waals surface area contributed by atoms with Gasteiger partial charge in [0.05, 0.1) is 16.8 Å². The summed E-state index contributed by atoms with van der Waals surface area (Å²) in [5.74, 6) is 0.257. The number of H-pyrrole nitrogens is 3. The van der Waals surface area contributed by atoms with Crippen LogP contribution < -0.4 is 11.0 Å². The van der Waals surface area contributed by atoms with Gasteiger partial charge < -0.3 is 20.4 Å². The Morgan fingerprint density at radius 1 is 1.32 bits per heavy atom. The highest BCUT2D eigenvalue weighted by atomic mass is 32.2. The van der Waals surface area contributed by atoms with E-state index < -0.39 is 0 Å². The van der Waals surface area contributed by atoms with Gasteiger partial charge >= 0.3 is 5.69 Å². The van der Waals surface area contributed by atoms with E-state index in [0.717, 1.165) is 11.8 Å².